The van der Waals surface area contributed by atoms with Crippen LogP contribution in [0.2, 0.25) is 0 Å². The summed E-state index contributed by atoms with van der Waals surface area (Å²) in [6, 6.07) is 9.64. The van der Waals surface area contributed by atoms with Gasteiger partial charge < -0.3 is 5.11 Å². The van der Waals surface area contributed by atoms with Crippen LogP contribution in [0.1, 0.15) is 32.8 Å². The number of nitrogens with zero attached hydrogens (tertiary/aromatic N) is 2. The van der Waals surface area contributed by atoms with Crippen LogP contribution in [0.25, 0.3) is 0 Å². The fourth-order valence-electron chi connectivity index (χ4n) is 2.26. The molecule has 0 aliphatic rings. The Bertz CT molecular complexity index is 403. The van der Waals surface area contributed by atoms with Gasteiger partial charge in [0.25, 0.3) is 0 Å². The van der Waals surface area contributed by atoms with Crippen LogP contribution in [-0.2, 0) is 6.42 Å². The largest absolute Gasteiger partial charge is 0.508 e. The first-order valence-corrected chi connectivity index (χ1v) is 6.50. The molecule has 0 spiro atoms. The van der Waals surface area contributed by atoms with Gasteiger partial charge >= 0.3 is 0 Å². The van der Waals surface area contributed by atoms with Gasteiger partial charge in [0.05, 0.1) is 6.07 Å². The third kappa shape index (κ3) is 3.48. The molecule has 0 aliphatic heterocycles. The molecule has 0 radical (unpaired) electrons. The van der Waals surface area contributed by atoms with Crippen molar-refractivity contribution in [3.8, 4) is 11.8 Å². The van der Waals surface area contributed by atoms with Crippen molar-refractivity contribution in [1.82, 2.24) is 4.90 Å². The second-order valence-corrected chi connectivity index (χ2v) is 4.72. The minimum absolute atomic E-state index is 0.283. The topological polar surface area (TPSA) is 47.3 Å². The lowest BCUT2D eigenvalue weighted by Crippen LogP contribution is -2.45. The predicted molar refractivity (Wildman–Crippen MR) is 73.4 cm³/mol. The van der Waals surface area contributed by atoms with Crippen LogP contribution in [0, 0.1) is 11.3 Å². The summed E-state index contributed by atoms with van der Waals surface area (Å²) in [6.07, 6.45) is 1.65. The summed E-state index contributed by atoms with van der Waals surface area (Å²) < 4.78 is 0. The summed E-state index contributed by atoms with van der Waals surface area (Å²) >= 11 is 0. The molecule has 0 heterocycles. The van der Waals surface area contributed by atoms with Gasteiger partial charge in [0.2, 0.25) is 0 Å². The fourth-order valence-corrected chi connectivity index (χ4v) is 2.26. The molecule has 18 heavy (non-hydrogen) atoms. The van der Waals surface area contributed by atoms with E-state index in [4.69, 9.17) is 0 Å². The van der Waals surface area contributed by atoms with Gasteiger partial charge in [-0.1, -0.05) is 26.0 Å². The van der Waals surface area contributed by atoms with Crippen molar-refractivity contribution in [3.63, 3.8) is 0 Å². The molecule has 0 saturated heterocycles. The van der Waals surface area contributed by atoms with Gasteiger partial charge in [-0.25, -0.2) is 0 Å². The SMILES string of the molecule is CCN(CC)C(C)(C#N)CCc1ccc(O)cc1. The van der Waals surface area contributed by atoms with Crippen molar-refractivity contribution >= 4 is 0 Å². The zero-order chi connectivity index (χ0) is 13.6. The number of phenolic OH excluding ortho intramolecular Hbond substituents is 1. The maximum Gasteiger partial charge on any atom is 0.115 e. The molecular weight excluding hydrogens is 224 g/mol. The number of nitriles is 1. The smallest absolute Gasteiger partial charge is 0.115 e. The highest BCUT2D eigenvalue weighted by Gasteiger charge is 2.29. The zero-order valence-electron chi connectivity index (χ0n) is 11.5. The molecule has 1 rings (SSSR count). The van der Waals surface area contributed by atoms with E-state index in [-0.39, 0.29) is 5.75 Å². The molecule has 1 unspecified atom stereocenters. The summed E-state index contributed by atoms with van der Waals surface area (Å²) in [5.74, 6) is 0.283. The van der Waals surface area contributed by atoms with Crippen molar-refractivity contribution in [3.05, 3.63) is 29.8 Å². The molecule has 3 nitrogen and oxygen atoms in total. The molecule has 0 amide bonds. The van der Waals surface area contributed by atoms with E-state index >= 15 is 0 Å². The second-order valence-electron chi connectivity index (χ2n) is 4.72. The second kappa shape index (κ2) is 6.42. The summed E-state index contributed by atoms with van der Waals surface area (Å²) in [5.41, 5.74) is 0.739. The lowest BCUT2D eigenvalue weighted by Gasteiger charge is -2.34. The first kappa shape index (κ1) is 14.5. The minimum Gasteiger partial charge on any atom is -0.508 e. The normalized spacial score (nSPS) is 14.2. The lowest BCUT2D eigenvalue weighted by atomic mass is 9.92. The van der Waals surface area contributed by atoms with Crippen molar-refractivity contribution in [2.24, 2.45) is 0 Å². The van der Waals surface area contributed by atoms with Crippen LogP contribution in [0.5, 0.6) is 5.75 Å². The summed E-state index contributed by atoms with van der Waals surface area (Å²) in [4.78, 5) is 2.19. The quantitative estimate of drug-likeness (QED) is 0.839. The molecule has 1 aromatic rings. The highest BCUT2D eigenvalue weighted by molar-refractivity contribution is 5.26. The maximum atomic E-state index is 9.41. The van der Waals surface area contributed by atoms with E-state index in [1.165, 1.54) is 0 Å². The molecule has 1 N–H and O–H groups in total. The number of rotatable bonds is 6. The molecule has 0 aliphatic carbocycles. The summed E-state index contributed by atoms with van der Waals surface area (Å²) in [6.45, 7) is 7.94. The van der Waals surface area contributed by atoms with Gasteiger partial charge in [0.15, 0.2) is 0 Å². The number of aryl methyl sites for hydroxylation is 1. The average Bonchev–Trinajstić information content (AvgIpc) is 2.39. The number of benzene rings is 1. The van der Waals surface area contributed by atoms with E-state index in [0.29, 0.717) is 0 Å². The standard InChI is InChI=1S/C15H22N2O/c1-4-17(5-2)15(3,12-16)11-10-13-6-8-14(18)9-7-13/h6-9,18H,4-5,10-11H2,1-3H3. The van der Waals surface area contributed by atoms with Gasteiger partial charge in [-0.05, 0) is 50.6 Å². The summed E-state index contributed by atoms with van der Waals surface area (Å²) in [7, 11) is 0. The Balaban J connectivity index is 2.70. The Hall–Kier alpha value is -1.53. The highest BCUT2D eigenvalue weighted by atomic mass is 16.3. The molecular formula is C15H22N2O. The number of hydrogen-bond acceptors (Lipinski definition) is 3. The molecule has 98 valence electrons. The van der Waals surface area contributed by atoms with Gasteiger partial charge in [-0.15, -0.1) is 0 Å². The number of aromatic hydroxyl groups is 1. The molecule has 0 fully saturated rings. The fraction of sp³-hybridized carbons (Fsp3) is 0.533. The van der Waals surface area contributed by atoms with E-state index in [1.54, 1.807) is 12.1 Å². The van der Waals surface area contributed by atoms with Crippen molar-refractivity contribution < 1.29 is 5.11 Å². The lowest BCUT2D eigenvalue weighted by molar-refractivity contribution is 0.160. The van der Waals surface area contributed by atoms with Crippen LogP contribution < -0.4 is 0 Å². The number of hydrogen-bond donors (Lipinski definition) is 1. The Morgan fingerprint density at radius 3 is 2.22 bits per heavy atom. The van der Waals surface area contributed by atoms with E-state index < -0.39 is 5.54 Å². The van der Waals surface area contributed by atoms with E-state index in [1.807, 2.05) is 19.1 Å². The van der Waals surface area contributed by atoms with Gasteiger partial charge in [-0.2, -0.15) is 5.26 Å². The van der Waals surface area contributed by atoms with Gasteiger partial charge in [0.1, 0.15) is 11.3 Å². The van der Waals surface area contributed by atoms with Crippen molar-refractivity contribution in [2.75, 3.05) is 13.1 Å². The Labute approximate surface area is 110 Å². The minimum atomic E-state index is -0.415. The third-order valence-corrected chi connectivity index (χ3v) is 3.54. The maximum absolute atomic E-state index is 9.41. The van der Waals surface area contributed by atoms with Crippen molar-refractivity contribution in [1.29, 1.82) is 5.26 Å². The first-order valence-electron chi connectivity index (χ1n) is 6.50. The molecule has 0 aromatic heterocycles. The third-order valence-electron chi connectivity index (χ3n) is 3.54. The van der Waals surface area contributed by atoms with E-state index in [2.05, 4.69) is 24.8 Å². The van der Waals surface area contributed by atoms with Gasteiger partial charge in [0, 0.05) is 0 Å². The Morgan fingerprint density at radius 1 is 1.22 bits per heavy atom. The van der Waals surface area contributed by atoms with Crippen LogP contribution in [0.3, 0.4) is 0 Å². The zero-order valence-corrected chi connectivity index (χ0v) is 11.5. The van der Waals surface area contributed by atoms with Crippen LogP contribution in [0.15, 0.2) is 24.3 Å². The molecule has 1 aromatic carbocycles. The molecule has 1 atom stereocenters. The van der Waals surface area contributed by atoms with Crippen LogP contribution >= 0.6 is 0 Å². The van der Waals surface area contributed by atoms with E-state index in [9.17, 15) is 10.4 Å². The molecule has 0 saturated carbocycles. The molecule has 0 bridgehead atoms. The number of phenols is 1. The predicted octanol–water partition coefficient (Wildman–Crippen LogP) is 2.95. The highest BCUT2D eigenvalue weighted by Crippen LogP contribution is 2.21. The first-order chi connectivity index (χ1) is 8.55. The average molecular weight is 246 g/mol. The Morgan fingerprint density at radius 2 is 1.78 bits per heavy atom. The summed E-state index contributed by atoms with van der Waals surface area (Å²) in [5, 5.41) is 18.6. The van der Waals surface area contributed by atoms with Gasteiger partial charge in [-0.3, -0.25) is 4.90 Å². The monoisotopic (exact) mass is 246 g/mol. The molecule has 3 heteroatoms. The van der Waals surface area contributed by atoms with E-state index in [0.717, 1.165) is 31.5 Å². The Kier molecular flexibility index (Phi) is 5.18. The van der Waals surface area contributed by atoms with Crippen LogP contribution in [-0.4, -0.2) is 28.6 Å². The van der Waals surface area contributed by atoms with Crippen LogP contribution in [0.4, 0.5) is 0 Å². The van der Waals surface area contributed by atoms with Crippen molar-refractivity contribution in [2.45, 2.75) is 39.2 Å².